The topological polar surface area (TPSA) is 117 Å². The zero-order chi connectivity index (χ0) is 25.2. The van der Waals surface area contributed by atoms with Gasteiger partial charge in [0.15, 0.2) is 0 Å². The lowest BCUT2D eigenvalue weighted by Gasteiger charge is -1.96. The summed E-state index contributed by atoms with van der Waals surface area (Å²) >= 11 is 0. The molecule has 0 saturated heterocycles. The maximum absolute atomic E-state index is 12.7. The van der Waals surface area contributed by atoms with Crippen LogP contribution in [0.1, 0.15) is 43.7 Å². The van der Waals surface area contributed by atoms with Crippen molar-refractivity contribution in [3.63, 3.8) is 0 Å². The molecule has 0 unspecified atom stereocenters. The van der Waals surface area contributed by atoms with Crippen LogP contribution in [-0.2, 0) is 12.8 Å². The number of benzene rings is 2. The molecule has 1 aromatic heterocycles. The van der Waals surface area contributed by atoms with Crippen molar-refractivity contribution in [3.8, 4) is 0 Å². The predicted octanol–water partition coefficient (Wildman–Crippen LogP) is 5.54. The summed E-state index contributed by atoms with van der Waals surface area (Å²) in [6.07, 6.45) is 8.05. The highest BCUT2D eigenvalue weighted by molar-refractivity contribution is 6.22. The first-order valence-electron chi connectivity index (χ1n) is 11.8. The number of carbonyl (C=O) groups is 2. The van der Waals surface area contributed by atoms with Gasteiger partial charge in [0.1, 0.15) is 23.5 Å². The molecule has 8 heteroatoms. The summed E-state index contributed by atoms with van der Waals surface area (Å²) in [4.78, 5) is 36.2. The number of aromatic amines is 2. The Kier molecular flexibility index (Phi) is 5.74. The van der Waals surface area contributed by atoms with Crippen LogP contribution in [0.15, 0.2) is 100 Å². The fourth-order valence-corrected chi connectivity index (χ4v) is 3.91. The number of carbonyl (C=O) groups excluding carboxylic acids is 2. The zero-order valence-electron chi connectivity index (χ0n) is 19.7. The molecule has 0 fully saturated rings. The van der Waals surface area contributed by atoms with Gasteiger partial charge in [0, 0.05) is 29.6 Å². The van der Waals surface area contributed by atoms with Crippen molar-refractivity contribution in [1.29, 1.82) is 0 Å². The van der Waals surface area contributed by atoms with E-state index in [-0.39, 0.29) is 5.56 Å². The molecule has 8 nitrogen and oxygen atoms in total. The number of hydrogen-bond acceptors (Lipinski definition) is 5. The third kappa shape index (κ3) is 4.99. The highest BCUT2D eigenvalue weighted by atomic mass is 16.4. The van der Waals surface area contributed by atoms with Crippen LogP contribution >= 0.6 is 0 Å². The third-order valence-electron chi connectivity index (χ3n) is 5.97. The number of nitrogens with one attached hydrogen (secondary N) is 3. The molecule has 0 saturated carbocycles. The van der Waals surface area contributed by atoms with E-state index < -0.39 is 11.8 Å². The van der Waals surface area contributed by atoms with Gasteiger partial charge in [0.2, 0.25) is 0 Å². The molecular weight excluding hydrogens is 468 g/mol. The number of fused-ring (bicyclic) bond motifs is 5. The predicted molar refractivity (Wildman–Crippen MR) is 138 cm³/mol. The first-order chi connectivity index (χ1) is 18.2. The Morgan fingerprint density at radius 2 is 1.35 bits per heavy atom. The number of amides is 2. The monoisotopic (exact) mass is 490 g/mol. The summed E-state index contributed by atoms with van der Waals surface area (Å²) in [5, 5.41) is 3.92. The molecule has 0 radical (unpaired) electrons. The Balaban J connectivity index is 1.62. The molecule has 2 aliphatic carbocycles. The van der Waals surface area contributed by atoms with Crippen LogP contribution in [0, 0.1) is 0 Å². The van der Waals surface area contributed by atoms with Crippen LogP contribution in [0.3, 0.4) is 0 Å². The van der Waals surface area contributed by atoms with Crippen molar-refractivity contribution >= 4 is 33.6 Å². The number of hydrogen-bond donors (Lipinski definition) is 3. The van der Waals surface area contributed by atoms with Crippen LogP contribution in [0.4, 0.5) is 0 Å². The second-order valence-electron chi connectivity index (χ2n) is 8.59. The van der Waals surface area contributed by atoms with Crippen LogP contribution < -0.4 is 5.32 Å². The molecule has 3 N–H and O–H groups in total. The Morgan fingerprint density at radius 3 is 2.05 bits per heavy atom. The number of imide groups is 1. The van der Waals surface area contributed by atoms with Gasteiger partial charge in [-0.3, -0.25) is 19.9 Å². The zero-order valence-corrected chi connectivity index (χ0v) is 19.7. The average molecular weight is 491 g/mol. The lowest BCUT2D eigenvalue weighted by molar-refractivity contribution is 0.0879. The molecule has 182 valence electrons. The van der Waals surface area contributed by atoms with Gasteiger partial charge in [-0.2, -0.15) is 0 Å². The largest absolute Gasteiger partial charge is 0.464 e. The van der Waals surface area contributed by atoms with E-state index in [4.69, 9.17) is 8.83 Å². The van der Waals surface area contributed by atoms with E-state index in [2.05, 4.69) is 20.3 Å². The Hall–Kier alpha value is -5.11. The highest BCUT2D eigenvalue weighted by Gasteiger charge is 2.27. The minimum absolute atomic E-state index is 0.289. The van der Waals surface area contributed by atoms with E-state index in [0.29, 0.717) is 12.0 Å². The molecule has 0 bridgehead atoms. The van der Waals surface area contributed by atoms with Crippen molar-refractivity contribution in [2.75, 3.05) is 0 Å². The number of H-pyrrole nitrogens is 2. The maximum atomic E-state index is 12.7. The highest BCUT2D eigenvalue weighted by Crippen LogP contribution is 2.30. The van der Waals surface area contributed by atoms with Gasteiger partial charge in [0.25, 0.3) is 11.8 Å². The van der Waals surface area contributed by atoms with Gasteiger partial charge in [-0.25, -0.2) is 0 Å². The number of aromatic nitrogens is 3. The first-order valence-corrected chi connectivity index (χ1v) is 11.8. The van der Waals surface area contributed by atoms with Gasteiger partial charge in [-0.05, 0) is 41.1 Å². The van der Waals surface area contributed by atoms with E-state index in [1.54, 1.807) is 43.1 Å². The maximum Gasteiger partial charge on any atom is 0.258 e. The molecule has 3 aromatic rings. The van der Waals surface area contributed by atoms with Gasteiger partial charge < -0.3 is 18.8 Å². The van der Waals surface area contributed by atoms with E-state index in [9.17, 15) is 9.59 Å². The summed E-state index contributed by atoms with van der Waals surface area (Å²) in [6.45, 7) is 0. The Morgan fingerprint density at radius 1 is 0.703 bits per heavy atom. The molecule has 3 aliphatic rings. The summed E-state index contributed by atoms with van der Waals surface area (Å²) in [6, 6.07) is 20.3. The number of nitrogens with zero attached hydrogens (tertiary/aromatic N) is 1. The van der Waals surface area contributed by atoms with E-state index in [1.807, 2.05) is 48.5 Å². The summed E-state index contributed by atoms with van der Waals surface area (Å²) in [5.74, 6) is 1.56. The lowest BCUT2D eigenvalue weighted by Crippen LogP contribution is -2.20. The second kappa shape index (κ2) is 9.50. The van der Waals surface area contributed by atoms with Gasteiger partial charge in [0.05, 0.1) is 29.7 Å². The molecule has 6 rings (SSSR count). The molecule has 1 aliphatic heterocycles. The number of para-hydroxylation sites is 2. The molecule has 2 aromatic carbocycles. The van der Waals surface area contributed by atoms with Crippen molar-refractivity contribution in [3.05, 3.63) is 126 Å². The lowest BCUT2D eigenvalue weighted by atomic mass is 10.1. The summed E-state index contributed by atoms with van der Waals surface area (Å²) in [7, 11) is 0. The fraction of sp³-hybridized carbons (Fsp3) is 0.0690. The third-order valence-corrected chi connectivity index (χ3v) is 5.97. The van der Waals surface area contributed by atoms with Crippen LogP contribution in [-0.4, -0.2) is 26.8 Å². The van der Waals surface area contributed by atoms with Gasteiger partial charge in [-0.1, -0.05) is 36.4 Å². The SMILES string of the molecule is O=C1NC(=O)c2cc3ccccc3[nH]ccoc3c(oc4c(nccc[nH]c5ccccc5cc21)C4)C3. The minimum Gasteiger partial charge on any atom is -0.464 e. The summed E-state index contributed by atoms with van der Waals surface area (Å²) < 4.78 is 11.5. The van der Waals surface area contributed by atoms with E-state index in [0.717, 1.165) is 51.2 Å². The molecular formula is C29H22N4O4. The van der Waals surface area contributed by atoms with Crippen LogP contribution in [0.5, 0.6) is 0 Å². The van der Waals surface area contributed by atoms with Crippen LogP contribution in [0.2, 0.25) is 0 Å². The van der Waals surface area contributed by atoms with Gasteiger partial charge >= 0.3 is 0 Å². The first kappa shape index (κ1) is 22.4. The summed E-state index contributed by atoms with van der Waals surface area (Å²) in [5.41, 5.74) is 3.02. The van der Waals surface area contributed by atoms with Crippen LogP contribution in [0.25, 0.3) is 21.8 Å². The smallest absolute Gasteiger partial charge is 0.258 e. The standard InChI is InChI=1S/C29H22N4O4/c34-28-20-14-18-6-1-3-8-22(18)30-10-5-11-31-24-16-25(24)37-27-17-26(27)36-13-12-32-23-9-4-2-7-19(23)15-21(20)29(35)33-28/h1-15,30,32H,16-17H2,(H,33,34,35). The molecule has 2 heterocycles. The molecule has 0 spiro atoms. The second-order valence-corrected chi connectivity index (χ2v) is 8.59. The number of rotatable bonds is 0. The fourth-order valence-electron chi connectivity index (χ4n) is 3.91. The molecule has 0 atom stereocenters. The normalized spacial score (nSPS) is 13.0. The van der Waals surface area contributed by atoms with Crippen molar-refractivity contribution < 1.29 is 18.4 Å². The van der Waals surface area contributed by atoms with Crippen molar-refractivity contribution in [2.24, 2.45) is 0 Å². The Labute approximate surface area is 211 Å². The average Bonchev–Trinajstić information content (AvgIpc) is 3.81. The van der Waals surface area contributed by atoms with Crippen molar-refractivity contribution in [2.45, 2.75) is 12.8 Å². The molecule has 2 amide bonds. The molecule has 37 heavy (non-hydrogen) atoms. The van der Waals surface area contributed by atoms with E-state index in [1.165, 1.54) is 0 Å². The quantitative estimate of drug-likeness (QED) is 0.246. The minimum atomic E-state index is -0.442. The van der Waals surface area contributed by atoms with Gasteiger partial charge in [-0.15, -0.1) is 0 Å². The van der Waals surface area contributed by atoms with Crippen molar-refractivity contribution in [1.82, 2.24) is 20.3 Å². The Bertz CT molecular complexity index is 1770. The van der Waals surface area contributed by atoms with E-state index >= 15 is 0 Å².